The highest BCUT2D eigenvalue weighted by atomic mass is 35.5. The van der Waals surface area contributed by atoms with E-state index in [1.165, 1.54) is 18.2 Å². The van der Waals surface area contributed by atoms with E-state index >= 15 is 0 Å². The monoisotopic (exact) mass is 449 g/mol. The number of halogens is 2. The minimum absolute atomic E-state index is 0.0339. The summed E-state index contributed by atoms with van der Waals surface area (Å²) in [4.78, 5) is 13.0. The zero-order valence-corrected chi connectivity index (χ0v) is 17.7. The van der Waals surface area contributed by atoms with Crippen LogP contribution >= 0.6 is 22.9 Å². The van der Waals surface area contributed by atoms with E-state index in [1.54, 1.807) is 11.3 Å². The number of hydrogen-bond donors (Lipinski definition) is 1. The van der Waals surface area contributed by atoms with Crippen molar-refractivity contribution in [1.82, 2.24) is 15.5 Å². The highest BCUT2D eigenvalue weighted by Crippen LogP contribution is 2.36. The number of amides is 1. The molecule has 1 aromatic carbocycles. The summed E-state index contributed by atoms with van der Waals surface area (Å²) < 4.78 is 24.4. The molecule has 1 aliphatic rings. The van der Waals surface area contributed by atoms with E-state index in [1.807, 2.05) is 17.5 Å². The van der Waals surface area contributed by atoms with Gasteiger partial charge in [0, 0.05) is 18.5 Å². The Labute approximate surface area is 182 Å². The molecular formula is C21H21ClFN3O3S. The lowest BCUT2D eigenvalue weighted by molar-refractivity contribution is -0.123. The van der Waals surface area contributed by atoms with Gasteiger partial charge in [0.15, 0.2) is 6.61 Å². The quantitative estimate of drug-likeness (QED) is 0.545. The van der Waals surface area contributed by atoms with Gasteiger partial charge in [0.25, 0.3) is 11.8 Å². The van der Waals surface area contributed by atoms with Crippen LogP contribution in [0, 0.1) is 11.7 Å². The number of carbonyl (C=O) groups is 1. The van der Waals surface area contributed by atoms with Crippen LogP contribution in [0.5, 0.6) is 5.75 Å². The molecule has 1 aliphatic carbocycles. The van der Waals surface area contributed by atoms with E-state index in [0.717, 1.165) is 30.6 Å². The smallest absolute Gasteiger partial charge is 0.257 e. The van der Waals surface area contributed by atoms with Crippen LogP contribution in [0.15, 0.2) is 40.1 Å². The Morgan fingerprint density at radius 1 is 1.27 bits per heavy atom. The van der Waals surface area contributed by atoms with Crippen LogP contribution in [0.25, 0.3) is 10.8 Å². The average molecular weight is 450 g/mol. The lowest BCUT2D eigenvalue weighted by atomic mass is 9.82. The molecule has 0 saturated heterocycles. The topological polar surface area (TPSA) is 77.2 Å². The number of nitrogens with zero attached hydrogens (tertiary/aromatic N) is 2. The minimum atomic E-state index is -0.521. The van der Waals surface area contributed by atoms with Gasteiger partial charge in [0.1, 0.15) is 11.6 Å². The van der Waals surface area contributed by atoms with Gasteiger partial charge < -0.3 is 14.5 Å². The molecule has 6 nitrogen and oxygen atoms in total. The number of aromatic nitrogens is 2. The van der Waals surface area contributed by atoms with Gasteiger partial charge in [-0.3, -0.25) is 4.79 Å². The number of nitrogens with one attached hydrogen (secondary N) is 1. The third-order valence-electron chi connectivity index (χ3n) is 5.22. The number of carbonyl (C=O) groups excluding carboxylic acids is 1. The highest BCUT2D eigenvalue weighted by molar-refractivity contribution is 7.13. The number of thiophene rings is 1. The van der Waals surface area contributed by atoms with Gasteiger partial charge in [0.2, 0.25) is 5.89 Å². The molecule has 0 atom stereocenters. The maximum atomic E-state index is 13.1. The first-order chi connectivity index (χ1) is 14.6. The van der Waals surface area contributed by atoms with Gasteiger partial charge in [-0.05, 0) is 55.2 Å². The lowest BCUT2D eigenvalue weighted by Crippen LogP contribution is -2.34. The summed E-state index contributed by atoms with van der Waals surface area (Å²) >= 11 is 7.28. The van der Waals surface area contributed by atoms with Crippen LogP contribution in [0.1, 0.15) is 37.5 Å². The molecule has 2 aromatic heterocycles. The molecular weight excluding hydrogens is 429 g/mol. The minimum Gasteiger partial charge on any atom is -0.484 e. The molecule has 0 aliphatic heterocycles. The predicted octanol–water partition coefficient (Wildman–Crippen LogP) is 5.06. The maximum Gasteiger partial charge on any atom is 0.257 e. The summed E-state index contributed by atoms with van der Waals surface area (Å²) in [6.07, 6.45) is 3.88. The normalized spacial score (nSPS) is 18.9. The summed E-state index contributed by atoms with van der Waals surface area (Å²) in [5.74, 6) is 1.58. The molecule has 30 heavy (non-hydrogen) atoms. The van der Waals surface area contributed by atoms with Crippen LogP contribution in [-0.4, -0.2) is 29.3 Å². The van der Waals surface area contributed by atoms with Crippen molar-refractivity contribution in [2.24, 2.45) is 5.92 Å². The second kappa shape index (κ2) is 9.57. The van der Waals surface area contributed by atoms with Gasteiger partial charge in [0.05, 0.1) is 9.90 Å². The fourth-order valence-corrected chi connectivity index (χ4v) is 4.35. The first kappa shape index (κ1) is 20.8. The molecule has 0 unspecified atom stereocenters. The van der Waals surface area contributed by atoms with Gasteiger partial charge >= 0.3 is 0 Å². The highest BCUT2D eigenvalue weighted by Gasteiger charge is 2.27. The first-order valence-electron chi connectivity index (χ1n) is 9.80. The van der Waals surface area contributed by atoms with Gasteiger partial charge in [-0.15, -0.1) is 21.5 Å². The Bertz CT molecular complexity index is 987. The van der Waals surface area contributed by atoms with Crippen LogP contribution in [-0.2, 0) is 4.79 Å². The summed E-state index contributed by atoms with van der Waals surface area (Å²) in [5.41, 5.74) is 0. The largest absolute Gasteiger partial charge is 0.484 e. The molecule has 2 heterocycles. The Kier molecular flexibility index (Phi) is 6.64. The predicted molar refractivity (Wildman–Crippen MR) is 112 cm³/mol. The Morgan fingerprint density at radius 2 is 2.10 bits per heavy atom. The molecule has 4 rings (SSSR count). The van der Waals surface area contributed by atoms with Crippen LogP contribution in [0.2, 0.25) is 5.02 Å². The van der Waals surface area contributed by atoms with Crippen molar-refractivity contribution in [1.29, 1.82) is 0 Å². The zero-order chi connectivity index (χ0) is 20.9. The van der Waals surface area contributed by atoms with E-state index in [2.05, 4.69) is 15.5 Å². The maximum absolute atomic E-state index is 13.1. The molecule has 0 radical (unpaired) electrons. The first-order valence-corrected chi connectivity index (χ1v) is 11.1. The summed E-state index contributed by atoms with van der Waals surface area (Å²) in [7, 11) is 0. The summed E-state index contributed by atoms with van der Waals surface area (Å²) in [6, 6.07) is 7.93. The fourth-order valence-electron chi connectivity index (χ4n) is 3.54. The molecule has 1 amide bonds. The van der Waals surface area contributed by atoms with E-state index < -0.39 is 5.82 Å². The SMILES string of the molecule is O=C(COc1ccc(F)c(Cl)c1)NCC1CCC(c2nnc(-c3cccs3)o2)CC1. The van der Waals surface area contributed by atoms with Gasteiger partial charge in [-0.25, -0.2) is 4.39 Å². The van der Waals surface area contributed by atoms with E-state index in [9.17, 15) is 9.18 Å². The van der Waals surface area contributed by atoms with E-state index in [0.29, 0.717) is 30.0 Å². The Hall–Kier alpha value is -2.45. The Balaban J connectivity index is 1.18. The van der Waals surface area contributed by atoms with Crippen molar-refractivity contribution in [3.63, 3.8) is 0 Å². The standard InChI is InChI=1S/C21H21ClFN3O3S/c22-16-10-15(7-8-17(16)23)28-12-19(27)24-11-13-3-5-14(6-4-13)20-25-26-21(29-20)18-2-1-9-30-18/h1-2,7-10,13-14H,3-6,11-12H2,(H,24,27). The van der Waals surface area contributed by atoms with E-state index in [-0.39, 0.29) is 23.5 Å². The van der Waals surface area contributed by atoms with Crippen molar-refractivity contribution in [2.45, 2.75) is 31.6 Å². The number of rotatable bonds is 7. The van der Waals surface area contributed by atoms with Crippen molar-refractivity contribution < 1.29 is 18.3 Å². The number of benzene rings is 1. The molecule has 158 valence electrons. The molecule has 3 aromatic rings. The molecule has 9 heteroatoms. The molecule has 1 N–H and O–H groups in total. The summed E-state index contributed by atoms with van der Waals surface area (Å²) in [6.45, 7) is 0.466. The number of hydrogen-bond acceptors (Lipinski definition) is 6. The lowest BCUT2D eigenvalue weighted by Gasteiger charge is -2.26. The van der Waals surface area contributed by atoms with E-state index in [4.69, 9.17) is 20.8 Å². The second-order valence-electron chi connectivity index (χ2n) is 7.31. The van der Waals surface area contributed by atoms with Crippen LogP contribution in [0.3, 0.4) is 0 Å². The van der Waals surface area contributed by atoms with Gasteiger partial charge in [-0.1, -0.05) is 17.7 Å². The van der Waals surface area contributed by atoms with Crippen molar-refractivity contribution >= 4 is 28.8 Å². The third-order valence-corrected chi connectivity index (χ3v) is 6.36. The van der Waals surface area contributed by atoms with Gasteiger partial charge in [-0.2, -0.15) is 0 Å². The molecule has 0 spiro atoms. The summed E-state index contributed by atoms with van der Waals surface area (Å²) in [5, 5.41) is 13.2. The Morgan fingerprint density at radius 3 is 2.83 bits per heavy atom. The van der Waals surface area contributed by atoms with Crippen LogP contribution in [0.4, 0.5) is 4.39 Å². The third kappa shape index (κ3) is 5.17. The van der Waals surface area contributed by atoms with Crippen molar-refractivity contribution in [2.75, 3.05) is 13.2 Å². The van der Waals surface area contributed by atoms with Crippen molar-refractivity contribution in [3.05, 3.63) is 52.4 Å². The molecule has 0 bridgehead atoms. The van der Waals surface area contributed by atoms with Crippen molar-refractivity contribution in [3.8, 4) is 16.5 Å². The zero-order valence-electron chi connectivity index (χ0n) is 16.1. The second-order valence-corrected chi connectivity index (χ2v) is 8.66. The number of ether oxygens (including phenoxy) is 1. The van der Waals surface area contributed by atoms with Crippen LogP contribution < -0.4 is 10.1 Å². The molecule has 1 fully saturated rings. The fraction of sp³-hybridized carbons (Fsp3) is 0.381. The average Bonchev–Trinajstić information content (AvgIpc) is 3.45. The molecule has 1 saturated carbocycles.